The zero-order valence-corrected chi connectivity index (χ0v) is 11.1. The molecule has 6 nitrogen and oxygen atoms in total. The first-order valence-corrected chi connectivity index (χ1v) is 6.41. The Morgan fingerprint density at radius 1 is 1.50 bits per heavy atom. The van der Waals surface area contributed by atoms with Crippen LogP contribution >= 0.6 is 0 Å². The van der Waals surface area contributed by atoms with Gasteiger partial charge < -0.3 is 15.6 Å². The molecule has 0 radical (unpaired) electrons. The Morgan fingerprint density at radius 2 is 2.28 bits per heavy atom. The number of nitrogens with two attached hydrogens (primary N) is 1. The molecule has 1 atom stereocenters. The smallest absolute Gasteiger partial charge is 0.223 e. The molecule has 102 valence electrons. The van der Waals surface area contributed by atoms with E-state index in [1.165, 1.54) is 0 Å². The lowest BCUT2D eigenvalue weighted by atomic mass is 9.96. The Hall–Kier alpha value is -1.43. The second-order valence-electron chi connectivity index (χ2n) is 4.40. The van der Waals surface area contributed by atoms with Crippen LogP contribution in [0.15, 0.2) is 4.52 Å². The second-order valence-corrected chi connectivity index (χ2v) is 4.40. The number of hydrogen-bond acceptors (Lipinski definition) is 5. The summed E-state index contributed by atoms with van der Waals surface area (Å²) in [5, 5.41) is 6.49. The van der Waals surface area contributed by atoms with E-state index in [2.05, 4.69) is 22.4 Å². The zero-order valence-electron chi connectivity index (χ0n) is 11.1. The third-order valence-corrected chi connectivity index (χ3v) is 2.95. The lowest BCUT2D eigenvalue weighted by Gasteiger charge is -2.12. The summed E-state index contributed by atoms with van der Waals surface area (Å²) in [6.45, 7) is 4.85. The van der Waals surface area contributed by atoms with Crippen molar-refractivity contribution in [1.29, 1.82) is 0 Å². The van der Waals surface area contributed by atoms with Gasteiger partial charge in [0.1, 0.15) is 0 Å². The molecular weight excluding hydrogens is 232 g/mol. The van der Waals surface area contributed by atoms with Crippen molar-refractivity contribution in [2.45, 2.75) is 46.1 Å². The van der Waals surface area contributed by atoms with Crippen molar-refractivity contribution in [1.82, 2.24) is 15.5 Å². The molecule has 0 saturated heterocycles. The summed E-state index contributed by atoms with van der Waals surface area (Å²) < 4.78 is 4.82. The quantitative estimate of drug-likeness (QED) is 0.725. The van der Waals surface area contributed by atoms with Crippen LogP contribution in [0.2, 0.25) is 0 Å². The second kappa shape index (κ2) is 7.81. The van der Waals surface area contributed by atoms with E-state index in [0.717, 1.165) is 19.3 Å². The van der Waals surface area contributed by atoms with Crippen LogP contribution in [0.25, 0.3) is 0 Å². The molecule has 0 saturated carbocycles. The van der Waals surface area contributed by atoms with Crippen molar-refractivity contribution < 1.29 is 9.32 Å². The molecule has 0 bridgehead atoms. The first kappa shape index (κ1) is 14.6. The molecule has 1 aromatic heterocycles. The number of nitrogens with zero attached hydrogens (tertiary/aromatic N) is 2. The number of nitrogens with one attached hydrogen (secondary N) is 1. The topological polar surface area (TPSA) is 94.0 Å². The van der Waals surface area contributed by atoms with Crippen molar-refractivity contribution in [2.24, 2.45) is 11.7 Å². The van der Waals surface area contributed by atoms with E-state index in [4.69, 9.17) is 10.3 Å². The summed E-state index contributed by atoms with van der Waals surface area (Å²) in [5.74, 6) is 1.57. The number of aryl methyl sites for hydroxylation is 1. The Balaban J connectivity index is 2.21. The standard InChI is InChI=1S/C12H22N4O2/c1-3-10(6-7-13)4-5-12(17)14-8-11-15-9(2)18-16-11/h10H,3-8,13H2,1-2H3,(H,14,17). The molecule has 1 aromatic rings. The van der Waals surface area contributed by atoms with Crippen LogP contribution in [-0.4, -0.2) is 22.6 Å². The molecule has 18 heavy (non-hydrogen) atoms. The molecule has 0 fully saturated rings. The SMILES string of the molecule is CCC(CCN)CCC(=O)NCc1noc(C)n1. The van der Waals surface area contributed by atoms with Gasteiger partial charge in [-0.1, -0.05) is 18.5 Å². The Kier molecular flexibility index (Phi) is 6.35. The van der Waals surface area contributed by atoms with E-state index in [9.17, 15) is 4.79 Å². The highest BCUT2D eigenvalue weighted by Crippen LogP contribution is 2.14. The van der Waals surface area contributed by atoms with Gasteiger partial charge in [0.25, 0.3) is 0 Å². The zero-order chi connectivity index (χ0) is 13.4. The van der Waals surface area contributed by atoms with E-state index >= 15 is 0 Å². The van der Waals surface area contributed by atoms with Gasteiger partial charge >= 0.3 is 0 Å². The van der Waals surface area contributed by atoms with Crippen LogP contribution in [0.1, 0.15) is 44.3 Å². The molecule has 0 aliphatic carbocycles. The summed E-state index contributed by atoms with van der Waals surface area (Å²) >= 11 is 0. The Morgan fingerprint density at radius 3 is 2.83 bits per heavy atom. The minimum absolute atomic E-state index is 0.0212. The minimum atomic E-state index is 0.0212. The van der Waals surface area contributed by atoms with Gasteiger partial charge in [0.2, 0.25) is 11.8 Å². The van der Waals surface area contributed by atoms with Gasteiger partial charge in [-0.25, -0.2) is 0 Å². The van der Waals surface area contributed by atoms with E-state index in [1.54, 1.807) is 6.92 Å². The Bertz CT molecular complexity index is 365. The molecule has 1 rings (SSSR count). The average molecular weight is 254 g/mol. The fraction of sp³-hybridized carbons (Fsp3) is 0.750. The fourth-order valence-corrected chi connectivity index (χ4v) is 1.80. The van der Waals surface area contributed by atoms with Crippen LogP contribution in [0.4, 0.5) is 0 Å². The first-order chi connectivity index (χ1) is 8.65. The molecular formula is C12H22N4O2. The van der Waals surface area contributed by atoms with Gasteiger partial charge in [-0.05, 0) is 25.3 Å². The molecule has 1 heterocycles. The van der Waals surface area contributed by atoms with Gasteiger partial charge in [0, 0.05) is 13.3 Å². The molecule has 3 N–H and O–H groups in total. The molecule has 0 aromatic carbocycles. The number of amides is 1. The van der Waals surface area contributed by atoms with Gasteiger partial charge in [0.15, 0.2) is 5.82 Å². The van der Waals surface area contributed by atoms with Gasteiger partial charge in [0.05, 0.1) is 6.54 Å². The number of carbonyl (C=O) groups is 1. The van der Waals surface area contributed by atoms with Crippen molar-refractivity contribution in [3.8, 4) is 0 Å². The third-order valence-electron chi connectivity index (χ3n) is 2.95. The molecule has 1 unspecified atom stereocenters. The van der Waals surface area contributed by atoms with Crippen molar-refractivity contribution >= 4 is 5.91 Å². The summed E-state index contributed by atoms with van der Waals surface area (Å²) in [4.78, 5) is 15.6. The monoisotopic (exact) mass is 254 g/mol. The number of carbonyl (C=O) groups excluding carboxylic acids is 1. The third kappa shape index (κ3) is 5.27. The number of aromatic nitrogens is 2. The summed E-state index contributed by atoms with van der Waals surface area (Å²) in [7, 11) is 0. The summed E-state index contributed by atoms with van der Waals surface area (Å²) in [5.41, 5.74) is 5.52. The Labute approximate surface area is 107 Å². The summed E-state index contributed by atoms with van der Waals surface area (Å²) in [6, 6.07) is 0. The largest absolute Gasteiger partial charge is 0.349 e. The maximum Gasteiger partial charge on any atom is 0.223 e. The van der Waals surface area contributed by atoms with Gasteiger partial charge in [-0.2, -0.15) is 4.98 Å². The van der Waals surface area contributed by atoms with Crippen LogP contribution < -0.4 is 11.1 Å². The molecule has 0 spiro atoms. The van der Waals surface area contributed by atoms with Crippen LogP contribution in [0.5, 0.6) is 0 Å². The maximum atomic E-state index is 11.6. The number of hydrogen-bond donors (Lipinski definition) is 2. The molecule has 0 aliphatic heterocycles. The molecule has 0 aliphatic rings. The van der Waals surface area contributed by atoms with Gasteiger partial charge in [-0.3, -0.25) is 4.79 Å². The lowest BCUT2D eigenvalue weighted by molar-refractivity contribution is -0.121. The van der Waals surface area contributed by atoms with Crippen LogP contribution in [0, 0.1) is 12.8 Å². The number of rotatable bonds is 8. The maximum absolute atomic E-state index is 11.6. The highest BCUT2D eigenvalue weighted by Gasteiger charge is 2.10. The van der Waals surface area contributed by atoms with E-state index < -0.39 is 0 Å². The predicted molar refractivity (Wildman–Crippen MR) is 67.6 cm³/mol. The molecule has 1 amide bonds. The van der Waals surface area contributed by atoms with Crippen LogP contribution in [-0.2, 0) is 11.3 Å². The summed E-state index contributed by atoms with van der Waals surface area (Å²) in [6.07, 6.45) is 3.45. The normalized spacial score (nSPS) is 12.4. The highest BCUT2D eigenvalue weighted by molar-refractivity contribution is 5.75. The highest BCUT2D eigenvalue weighted by atomic mass is 16.5. The van der Waals surface area contributed by atoms with Crippen molar-refractivity contribution in [2.75, 3.05) is 6.54 Å². The van der Waals surface area contributed by atoms with Gasteiger partial charge in [-0.15, -0.1) is 0 Å². The van der Waals surface area contributed by atoms with Crippen LogP contribution in [0.3, 0.4) is 0 Å². The first-order valence-electron chi connectivity index (χ1n) is 6.41. The fourth-order valence-electron chi connectivity index (χ4n) is 1.80. The van der Waals surface area contributed by atoms with E-state index in [1.807, 2.05) is 0 Å². The minimum Gasteiger partial charge on any atom is -0.349 e. The average Bonchev–Trinajstić information content (AvgIpc) is 2.77. The van der Waals surface area contributed by atoms with Crippen molar-refractivity contribution in [3.63, 3.8) is 0 Å². The van der Waals surface area contributed by atoms with Crippen molar-refractivity contribution in [3.05, 3.63) is 11.7 Å². The predicted octanol–water partition coefficient (Wildman–Crippen LogP) is 1.15. The van der Waals surface area contributed by atoms with E-state index in [-0.39, 0.29) is 5.91 Å². The molecule has 6 heteroatoms. The lowest BCUT2D eigenvalue weighted by Crippen LogP contribution is -2.24. The van der Waals surface area contributed by atoms with E-state index in [0.29, 0.717) is 37.1 Å².